The molecule has 0 aliphatic carbocycles. The monoisotopic (exact) mass is 320 g/mol. The number of aliphatic carboxylic acids is 1. The van der Waals surface area contributed by atoms with Gasteiger partial charge in [0, 0.05) is 23.2 Å². The van der Waals surface area contributed by atoms with E-state index in [4.69, 9.17) is 18.1 Å². The molecule has 0 saturated heterocycles. The molecule has 114 valence electrons. The minimum atomic E-state index is -1.09. The van der Waals surface area contributed by atoms with Crippen molar-refractivity contribution in [2.45, 2.75) is 19.8 Å². The number of carbonyl (C=O) groups is 2. The fourth-order valence-corrected chi connectivity index (χ4v) is 2.17. The van der Waals surface area contributed by atoms with Gasteiger partial charge in [-0.2, -0.15) is 0 Å². The summed E-state index contributed by atoms with van der Waals surface area (Å²) in [7, 11) is 0. The lowest BCUT2D eigenvalue weighted by molar-refractivity contribution is -0.136. The number of hydrogen-bond donors (Lipinski definition) is 2. The van der Waals surface area contributed by atoms with Crippen LogP contribution in [-0.2, 0) is 4.79 Å². The molecule has 1 heterocycles. The zero-order chi connectivity index (χ0) is 17.1. The number of carbonyl (C=O) groups excluding carboxylic acids is 1. The third-order valence-electron chi connectivity index (χ3n) is 3.13. The van der Waals surface area contributed by atoms with Crippen LogP contribution in [0.2, 0.25) is 5.02 Å². The van der Waals surface area contributed by atoms with Gasteiger partial charge in [-0.05, 0) is 36.2 Å². The van der Waals surface area contributed by atoms with Crippen LogP contribution >= 0.6 is 11.6 Å². The molecule has 0 aliphatic rings. The van der Waals surface area contributed by atoms with Crippen molar-refractivity contribution in [2.24, 2.45) is 0 Å². The highest BCUT2D eigenvalue weighted by Crippen LogP contribution is 2.29. The molecular formula is C16H14ClNO4. The molecule has 5 nitrogen and oxygen atoms in total. The van der Waals surface area contributed by atoms with Crippen LogP contribution in [0.4, 0.5) is 0 Å². The molecule has 0 spiro atoms. The predicted octanol–water partition coefficient (Wildman–Crippen LogP) is 3.46. The quantitative estimate of drug-likeness (QED) is 0.824. The van der Waals surface area contributed by atoms with Crippen LogP contribution < -0.4 is 0 Å². The van der Waals surface area contributed by atoms with Gasteiger partial charge in [0.1, 0.15) is 11.4 Å². The predicted molar refractivity (Wildman–Crippen MR) is 82.3 cm³/mol. The van der Waals surface area contributed by atoms with E-state index in [-0.39, 0.29) is 35.4 Å². The van der Waals surface area contributed by atoms with Gasteiger partial charge in [-0.15, -0.1) is 0 Å². The first kappa shape index (κ1) is 14.5. The highest BCUT2D eigenvalue weighted by Gasteiger charge is 2.16. The number of nitrogens with zero attached hydrogens (tertiary/aromatic N) is 1. The van der Waals surface area contributed by atoms with Crippen molar-refractivity contribution in [3.8, 4) is 16.9 Å². The Labute approximate surface area is 133 Å². The van der Waals surface area contributed by atoms with Crippen LogP contribution in [0.5, 0.6) is 5.75 Å². The van der Waals surface area contributed by atoms with Crippen LogP contribution in [0.1, 0.15) is 30.3 Å². The Morgan fingerprint density at radius 1 is 1.36 bits per heavy atom. The van der Waals surface area contributed by atoms with Crippen molar-refractivity contribution in [3.05, 3.63) is 46.7 Å². The second kappa shape index (κ2) is 6.58. The summed E-state index contributed by atoms with van der Waals surface area (Å²) >= 11 is 5.95. The number of aromatic hydroxyl groups is 1. The molecule has 22 heavy (non-hydrogen) atoms. The molecule has 0 radical (unpaired) electrons. The van der Waals surface area contributed by atoms with E-state index in [9.17, 15) is 14.7 Å². The summed E-state index contributed by atoms with van der Waals surface area (Å²) in [6, 6.07) is 4.77. The largest absolute Gasteiger partial charge is 0.506 e. The van der Waals surface area contributed by atoms with Crippen LogP contribution in [0.25, 0.3) is 11.1 Å². The number of aryl methyl sites for hydroxylation is 1. The lowest BCUT2D eigenvalue weighted by atomic mass is 10.0. The second-order valence-electron chi connectivity index (χ2n) is 4.79. The molecule has 0 amide bonds. The summed E-state index contributed by atoms with van der Waals surface area (Å²) in [4.78, 5) is 26.3. The fourth-order valence-electron chi connectivity index (χ4n) is 2.00. The molecule has 2 rings (SSSR count). The van der Waals surface area contributed by atoms with Crippen LogP contribution in [0.15, 0.2) is 30.4 Å². The minimum Gasteiger partial charge on any atom is -0.506 e. The smallest absolute Gasteiger partial charge is 0.303 e. The third-order valence-corrected chi connectivity index (χ3v) is 3.35. The Morgan fingerprint density at radius 3 is 2.73 bits per heavy atom. The van der Waals surface area contributed by atoms with Crippen molar-refractivity contribution < 1.29 is 21.2 Å². The molecule has 1 aromatic carbocycles. The first-order valence-electron chi connectivity index (χ1n) is 7.00. The number of rotatable bonds is 5. The van der Waals surface area contributed by atoms with Gasteiger partial charge < -0.3 is 10.2 Å². The standard InChI is InChI=1S/C16H14ClNO4/c1-9-2-3-11(17)7-12(9)10-6-14(20)16(18-8-10)13(19)4-5-15(21)22/h2-3,6-8,20H,4-5H2,1H3,(H,21,22)/i3D. The van der Waals surface area contributed by atoms with Crippen molar-refractivity contribution in [1.29, 1.82) is 0 Å². The molecule has 6 heteroatoms. The van der Waals surface area contributed by atoms with E-state index >= 15 is 0 Å². The molecule has 0 unspecified atom stereocenters. The van der Waals surface area contributed by atoms with Crippen molar-refractivity contribution >= 4 is 23.4 Å². The summed E-state index contributed by atoms with van der Waals surface area (Å²) in [6.07, 6.45) is 0.866. The first-order valence-corrected chi connectivity index (χ1v) is 6.88. The number of carboxylic acid groups (broad SMARTS) is 1. The van der Waals surface area contributed by atoms with Gasteiger partial charge in [-0.1, -0.05) is 17.7 Å². The molecule has 0 aliphatic heterocycles. The number of ketones is 1. The van der Waals surface area contributed by atoms with Crippen LogP contribution in [0, 0.1) is 6.92 Å². The zero-order valence-electron chi connectivity index (χ0n) is 12.8. The molecular weight excluding hydrogens is 306 g/mol. The van der Waals surface area contributed by atoms with E-state index in [1.807, 2.05) is 0 Å². The highest BCUT2D eigenvalue weighted by atomic mass is 35.5. The van der Waals surface area contributed by atoms with E-state index in [0.717, 1.165) is 5.56 Å². The average Bonchev–Trinajstić information content (AvgIpc) is 2.48. The maximum absolute atomic E-state index is 11.9. The van der Waals surface area contributed by atoms with Gasteiger partial charge in [0.15, 0.2) is 5.78 Å². The van der Waals surface area contributed by atoms with Gasteiger partial charge in [0.2, 0.25) is 0 Å². The summed E-state index contributed by atoms with van der Waals surface area (Å²) in [5.41, 5.74) is 1.87. The SMILES string of the molecule is [2H]c1cc(C)c(-c2cnc(C(=O)CCC(=O)O)c(O)c2)cc1Cl. The number of carboxylic acids is 1. The maximum atomic E-state index is 11.9. The summed E-state index contributed by atoms with van der Waals surface area (Å²) in [5.74, 6) is -1.94. The molecule has 0 saturated carbocycles. The Kier molecular flexibility index (Phi) is 4.34. The fraction of sp³-hybridized carbons (Fsp3) is 0.188. The Bertz CT molecular complexity index is 792. The van der Waals surface area contributed by atoms with Gasteiger partial charge >= 0.3 is 5.97 Å². The lowest BCUT2D eigenvalue weighted by Crippen LogP contribution is -2.06. The van der Waals surface area contributed by atoms with Gasteiger partial charge in [0.05, 0.1) is 7.79 Å². The number of halogens is 1. The Hall–Kier alpha value is -2.40. The number of benzene rings is 1. The second-order valence-corrected chi connectivity index (χ2v) is 5.19. The van der Waals surface area contributed by atoms with E-state index in [0.29, 0.717) is 11.1 Å². The Morgan fingerprint density at radius 2 is 2.09 bits per heavy atom. The molecule has 2 aromatic rings. The molecule has 1 aromatic heterocycles. The number of aromatic nitrogens is 1. The highest BCUT2D eigenvalue weighted by molar-refractivity contribution is 6.30. The lowest BCUT2D eigenvalue weighted by Gasteiger charge is -2.09. The van der Waals surface area contributed by atoms with Gasteiger partial charge in [-0.3, -0.25) is 9.59 Å². The zero-order valence-corrected chi connectivity index (χ0v) is 12.5. The van der Waals surface area contributed by atoms with E-state index in [1.165, 1.54) is 12.3 Å². The number of pyridine rings is 1. The van der Waals surface area contributed by atoms with E-state index in [2.05, 4.69) is 4.98 Å². The van der Waals surface area contributed by atoms with E-state index in [1.54, 1.807) is 19.1 Å². The maximum Gasteiger partial charge on any atom is 0.303 e. The third kappa shape index (κ3) is 3.62. The summed E-state index contributed by atoms with van der Waals surface area (Å²) in [6.45, 7) is 1.80. The van der Waals surface area contributed by atoms with Crippen LogP contribution in [0.3, 0.4) is 0 Å². The number of hydrogen-bond acceptors (Lipinski definition) is 4. The van der Waals surface area contributed by atoms with Crippen LogP contribution in [-0.4, -0.2) is 26.9 Å². The molecule has 2 N–H and O–H groups in total. The van der Waals surface area contributed by atoms with Crippen molar-refractivity contribution in [1.82, 2.24) is 4.98 Å². The Balaban J connectivity index is 2.34. The van der Waals surface area contributed by atoms with Gasteiger partial charge in [0.25, 0.3) is 0 Å². The average molecular weight is 321 g/mol. The van der Waals surface area contributed by atoms with E-state index < -0.39 is 11.8 Å². The number of Topliss-reactive ketones (excluding diaryl/α,β-unsaturated/α-hetero) is 1. The topological polar surface area (TPSA) is 87.5 Å². The summed E-state index contributed by atoms with van der Waals surface area (Å²) in [5, 5.41) is 18.9. The minimum absolute atomic E-state index is 0.157. The summed E-state index contributed by atoms with van der Waals surface area (Å²) < 4.78 is 7.64. The molecule has 0 atom stereocenters. The normalized spacial score (nSPS) is 11.1. The van der Waals surface area contributed by atoms with Crippen molar-refractivity contribution in [2.75, 3.05) is 0 Å². The molecule has 0 bridgehead atoms. The molecule has 0 fully saturated rings. The van der Waals surface area contributed by atoms with Gasteiger partial charge in [-0.25, -0.2) is 4.98 Å². The van der Waals surface area contributed by atoms with Crippen molar-refractivity contribution in [3.63, 3.8) is 0 Å². The first-order chi connectivity index (χ1) is 10.8.